The first-order valence-electron chi connectivity index (χ1n) is 14.8. The lowest BCUT2D eigenvalue weighted by molar-refractivity contribution is -0.116. The average molecular weight is 676 g/mol. The third-order valence-electron chi connectivity index (χ3n) is 7.12. The lowest BCUT2D eigenvalue weighted by Crippen LogP contribution is -2.30. The van der Waals surface area contributed by atoms with Crippen molar-refractivity contribution < 1.29 is 24.3 Å². The van der Waals surface area contributed by atoms with E-state index in [0.717, 1.165) is 11.1 Å². The molecule has 3 amide bonds. The lowest BCUT2D eigenvalue weighted by atomic mass is 10.1. The standard InChI is InChI=1S/C38H30ClN3O5S/c1-24-18-19-28(38(46)47)22-32(24)41-37(45)34(26-11-4-2-5-12-26)48-31-17-9-16-30(23-31)40-36(44)33(21-25-10-8-15-29(39)20-25)42-35(43)27-13-6-3-7-14-27/h2-23,34H,1H3,(H,40,44)(H,41,45)(H,42,43)(H,46,47)/b33-21-. The number of aryl methyl sites for hydroxylation is 1. The molecule has 0 aromatic heterocycles. The molecule has 0 aliphatic carbocycles. The second-order valence-electron chi connectivity index (χ2n) is 10.6. The maximum absolute atomic E-state index is 13.7. The maximum atomic E-state index is 13.7. The van der Waals surface area contributed by atoms with Gasteiger partial charge in [-0.2, -0.15) is 0 Å². The minimum absolute atomic E-state index is 0.00433. The van der Waals surface area contributed by atoms with Crippen molar-refractivity contribution in [3.63, 3.8) is 0 Å². The number of halogens is 1. The summed E-state index contributed by atoms with van der Waals surface area (Å²) in [6, 6.07) is 36.2. The zero-order valence-electron chi connectivity index (χ0n) is 25.6. The Kier molecular flexibility index (Phi) is 11.1. The molecular weight excluding hydrogens is 646 g/mol. The molecular formula is C38H30ClN3O5S. The topological polar surface area (TPSA) is 125 Å². The first-order valence-corrected chi connectivity index (χ1v) is 16.0. The summed E-state index contributed by atoms with van der Waals surface area (Å²) in [7, 11) is 0. The average Bonchev–Trinajstić information content (AvgIpc) is 3.08. The summed E-state index contributed by atoms with van der Waals surface area (Å²) >= 11 is 7.43. The third kappa shape index (κ3) is 9.00. The second-order valence-corrected chi connectivity index (χ2v) is 12.3. The van der Waals surface area contributed by atoms with Crippen molar-refractivity contribution in [1.29, 1.82) is 0 Å². The van der Waals surface area contributed by atoms with Crippen molar-refractivity contribution in [3.05, 3.63) is 166 Å². The molecule has 240 valence electrons. The van der Waals surface area contributed by atoms with Crippen molar-refractivity contribution in [2.45, 2.75) is 17.1 Å². The number of hydrogen-bond acceptors (Lipinski definition) is 5. The highest BCUT2D eigenvalue weighted by molar-refractivity contribution is 8.00. The molecule has 0 aliphatic rings. The molecule has 0 aliphatic heterocycles. The quantitative estimate of drug-likeness (QED) is 0.0826. The minimum atomic E-state index is -1.09. The monoisotopic (exact) mass is 675 g/mol. The molecule has 0 radical (unpaired) electrons. The molecule has 10 heteroatoms. The van der Waals surface area contributed by atoms with E-state index in [1.54, 1.807) is 85.8 Å². The van der Waals surface area contributed by atoms with Crippen molar-refractivity contribution in [3.8, 4) is 0 Å². The summed E-state index contributed by atoms with van der Waals surface area (Å²) < 4.78 is 0. The number of carboxylic acids is 1. The maximum Gasteiger partial charge on any atom is 0.335 e. The van der Waals surface area contributed by atoms with Crippen LogP contribution in [0.1, 0.15) is 42.7 Å². The van der Waals surface area contributed by atoms with Crippen LogP contribution in [0.2, 0.25) is 5.02 Å². The molecule has 8 nitrogen and oxygen atoms in total. The van der Waals surface area contributed by atoms with E-state index in [1.807, 2.05) is 36.4 Å². The van der Waals surface area contributed by atoms with Gasteiger partial charge in [0.25, 0.3) is 11.8 Å². The van der Waals surface area contributed by atoms with Crippen LogP contribution in [-0.2, 0) is 9.59 Å². The van der Waals surface area contributed by atoms with E-state index in [4.69, 9.17) is 11.6 Å². The molecule has 5 rings (SSSR count). The fraction of sp³-hybridized carbons (Fsp3) is 0.0526. The number of carbonyl (C=O) groups excluding carboxylic acids is 3. The molecule has 1 unspecified atom stereocenters. The third-order valence-corrected chi connectivity index (χ3v) is 8.60. The number of amides is 3. The van der Waals surface area contributed by atoms with Crippen LogP contribution in [0, 0.1) is 6.92 Å². The van der Waals surface area contributed by atoms with Crippen LogP contribution < -0.4 is 16.0 Å². The van der Waals surface area contributed by atoms with Gasteiger partial charge in [0.05, 0.1) is 5.56 Å². The fourth-order valence-electron chi connectivity index (χ4n) is 4.68. The van der Waals surface area contributed by atoms with Gasteiger partial charge in [-0.15, -0.1) is 11.8 Å². The van der Waals surface area contributed by atoms with E-state index in [-0.39, 0.29) is 17.2 Å². The van der Waals surface area contributed by atoms with Crippen LogP contribution in [0.3, 0.4) is 0 Å². The lowest BCUT2D eigenvalue weighted by Gasteiger charge is -2.19. The normalized spacial score (nSPS) is 11.7. The number of carbonyl (C=O) groups is 4. The highest BCUT2D eigenvalue weighted by Crippen LogP contribution is 2.37. The smallest absolute Gasteiger partial charge is 0.335 e. The molecule has 1 atom stereocenters. The molecule has 0 saturated carbocycles. The second kappa shape index (κ2) is 15.8. The molecule has 0 spiro atoms. The van der Waals surface area contributed by atoms with Crippen LogP contribution in [0.25, 0.3) is 6.08 Å². The Labute approximate surface area is 286 Å². The fourth-order valence-corrected chi connectivity index (χ4v) is 5.96. The molecule has 5 aromatic carbocycles. The number of rotatable bonds is 11. The van der Waals surface area contributed by atoms with Crippen molar-refractivity contribution >= 4 is 64.5 Å². The molecule has 4 N–H and O–H groups in total. The van der Waals surface area contributed by atoms with Gasteiger partial charge < -0.3 is 21.1 Å². The van der Waals surface area contributed by atoms with Crippen LogP contribution in [0.4, 0.5) is 11.4 Å². The molecule has 0 heterocycles. The van der Waals surface area contributed by atoms with Gasteiger partial charge in [-0.1, -0.05) is 84.4 Å². The van der Waals surface area contributed by atoms with Crippen LogP contribution in [-0.4, -0.2) is 28.8 Å². The van der Waals surface area contributed by atoms with E-state index in [2.05, 4.69) is 16.0 Å². The van der Waals surface area contributed by atoms with Gasteiger partial charge in [-0.05, 0) is 84.3 Å². The number of anilines is 2. The molecule has 0 fully saturated rings. The number of thioether (sulfide) groups is 1. The summed E-state index contributed by atoms with van der Waals surface area (Å²) in [6.07, 6.45) is 1.54. The van der Waals surface area contributed by atoms with Crippen LogP contribution in [0.5, 0.6) is 0 Å². The van der Waals surface area contributed by atoms with Gasteiger partial charge in [-0.25, -0.2) is 4.79 Å². The Bertz CT molecular complexity index is 2000. The van der Waals surface area contributed by atoms with E-state index in [1.165, 1.54) is 30.0 Å². The van der Waals surface area contributed by atoms with E-state index < -0.39 is 23.0 Å². The number of nitrogens with one attached hydrogen (secondary N) is 3. The van der Waals surface area contributed by atoms with Gasteiger partial charge in [0.2, 0.25) is 5.91 Å². The molecule has 0 saturated heterocycles. The van der Waals surface area contributed by atoms with Gasteiger partial charge in [-0.3, -0.25) is 14.4 Å². The Balaban J connectivity index is 1.39. The van der Waals surface area contributed by atoms with Gasteiger partial charge in [0.15, 0.2) is 0 Å². The first kappa shape index (κ1) is 33.7. The largest absolute Gasteiger partial charge is 0.478 e. The molecule has 0 bridgehead atoms. The van der Waals surface area contributed by atoms with Gasteiger partial charge in [0.1, 0.15) is 10.9 Å². The Hall–Kier alpha value is -5.64. The minimum Gasteiger partial charge on any atom is -0.478 e. The van der Waals surface area contributed by atoms with Crippen LogP contribution >= 0.6 is 23.4 Å². The summed E-state index contributed by atoms with van der Waals surface area (Å²) in [5.41, 5.74) is 3.36. The Morgan fingerprint density at radius 3 is 2.17 bits per heavy atom. The van der Waals surface area contributed by atoms with Crippen molar-refractivity contribution in [2.75, 3.05) is 10.6 Å². The zero-order valence-corrected chi connectivity index (χ0v) is 27.2. The summed E-state index contributed by atoms with van der Waals surface area (Å²) in [4.78, 5) is 52.6. The molecule has 48 heavy (non-hydrogen) atoms. The first-order chi connectivity index (χ1) is 23.2. The highest BCUT2D eigenvalue weighted by atomic mass is 35.5. The van der Waals surface area contributed by atoms with Crippen LogP contribution in [0.15, 0.2) is 138 Å². The molecule has 5 aromatic rings. The van der Waals surface area contributed by atoms with Crippen molar-refractivity contribution in [1.82, 2.24) is 5.32 Å². The number of hydrogen-bond donors (Lipinski definition) is 4. The zero-order chi connectivity index (χ0) is 34.0. The van der Waals surface area contributed by atoms with Crippen molar-refractivity contribution in [2.24, 2.45) is 0 Å². The van der Waals surface area contributed by atoms with E-state index in [9.17, 15) is 24.3 Å². The predicted octanol–water partition coefficient (Wildman–Crippen LogP) is 8.23. The van der Waals surface area contributed by atoms with Gasteiger partial charge >= 0.3 is 5.97 Å². The predicted molar refractivity (Wildman–Crippen MR) is 190 cm³/mol. The number of aromatic carboxylic acids is 1. The number of benzene rings is 5. The Morgan fingerprint density at radius 2 is 1.46 bits per heavy atom. The highest BCUT2D eigenvalue weighted by Gasteiger charge is 2.24. The Morgan fingerprint density at radius 1 is 0.750 bits per heavy atom. The van der Waals surface area contributed by atoms with E-state index >= 15 is 0 Å². The number of carboxylic acid groups (broad SMARTS) is 1. The summed E-state index contributed by atoms with van der Waals surface area (Å²) in [5.74, 6) is -2.46. The SMILES string of the molecule is Cc1ccc(C(=O)O)cc1NC(=O)C(Sc1cccc(NC(=O)/C(=C/c2cccc(Cl)c2)NC(=O)c2ccccc2)c1)c1ccccc1. The van der Waals surface area contributed by atoms with Gasteiger partial charge in [0, 0.05) is 26.9 Å². The summed E-state index contributed by atoms with van der Waals surface area (Å²) in [5, 5.41) is 17.7. The summed E-state index contributed by atoms with van der Waals surface area (Å²) in [6.45, 7) is 1.79. The van der Waals surface area contributed by atoms with E-state index in [0.29, 0.717) is 32.4 Å².